The summed E-state index contributed by atoms with van der Waals surface area (Å²) < 4.78 is 34.0. The minimum absolute atomic E-state index is 0.126. The van der Waals surface area contributed by atoms with E-state index >= 15 is 0 Å². The first kappa shape index (κ1) is 30.4. The van der Waals surface area contributed by atoms with E-state index in [1.54, 1.807) is 4.68 Å². The van der Waals surface area contributed by atoms with Gasteiger partial charge in [-0.25, -0.2) is 23.8 Å². The maximum Gasteiger partial charge on any atom is 0.407 e. The predicted octanol–water partition coefficient (Wildman–Crippen LogP) is 5.11. The fourth-order valence-electron chi connectivity index (χ4n) is 5.24. The van der Waals surface area contributed by atoms with Crippen molar-refractivity contribution >= 4 is 53.7 Å². The number of rotatable bonds is 8. The van der Waals surface area contributed by atoms with Gasteiger partial charge in [-0.15, -0.1) is 0 Å². The molecule has 0 aliphatic carbocycles. The van der Waals surface area contributed by atoms with Crippen LogP contribution < -0.4 is 10.2 Å². The van der Waals surface area contributed by atoms with Gasteiger partial charge in [0.25, 0.3) is 0 Å². The summed E-state index contributed by atoms with van der Waals surface area (Å²) in [4.78, 5) is 24.2. The number of anilines is 1. The van der Waals surface area contributed by atoms with Crippen LogP contribution in [0.4, 0.5) is 15.0 Å². The third-order valence-corrected chi connectivity index (χ3v) is 9.84. The number of ether oxygens (including phenoxy) is 3. The van der Waals surface area contributed by atoms with E-state index < -0.39 is 26.4 Å². The van der Waals surface area contributed by atoms with Crippen LogP contribution in [0.3, 0.4) is 0 Å². The number of piperidine rings is 1. The van der Waals surface area contributed by atoms with Crippen LogP contribution in [0.5, 0.6) is 0 Å². The molecule has 1 N–H and O–H groups in total. The summed E-state index contributed by atoms with van der Waals surface area (Å²) in [5.74, 6) is 0.545. The molecule has 2 aromatic rings. The SMILES string of the molecule is C[C@@H]1OCC2(CCN(c3nc4c(nc3CF)c(I)nn4COCC[Si](C)(C)C)CC2)[C@@H]1NC(=O)OC(C)(C)C. The number of carbonyl (C=O) groups excluding carboxylic acids is 1. The number of halogens is 2. The van der Waals surface area contributed by atoms with Gasteiger partial charge < -0.3 is 24.4 Å². The molecule has 2 fully saturated rings. The van der Waals surface area contributed by atoms with Gasteiger partial charge in [0.05, 0.1) is 18.8 Å². The van der Waals surface area contributed by atoms with Crippen molar-refractivity contribution < 1.29 is 23.4 Å². The van der Waals surface area contributed by atoms with Crippen LogP contribution in [0.15, 0.2) is 0 Å². The van der Waals surface area contributed by atoms with Gasteiger partial charge in [-0.1, -0.05) is 19.6 Å². The van der Waals surface area contributed by atoms with Gasteiger partial charge in [0, 0.05) is 33.2 Å². The minimum atomic E-state index is -1.20. The molecule has 2 atom stereocenters. The Kier molecular flexibility index (Phi) is 9.13. The van der Waals surface area contributed by atoms with E-state index in [1.165, 1.54) is 0 Å². The zero-order valence-electron chi connectivity index (χ0n) is 24.1. The average Bonchev–Trinajstić information content (AvgIpc) is 3.31. The molecule has 0 bridgehead atoms. The molecule has 2 aromatic heterocycles. The molecule has 39 heavy (non-hydrogen) atoms. The van der Waals surface area contributed by atoms with Crippen molar-refractivity contribution in [1.82, 2.24) is 25.1 Å². The maximum absolute atomic E-state index is 14.2. The lowest BCUT2D eigenvalue weighted by atomic mass is 9.73. The zero-order chi connectivity index (χ0) is 28.6. The van der Waals surface area contributed by atoms with Gasteiger partial charge in [-0.05, 0) is 69.2 Å². The number of alkyl halides is 1. The molecule has 0 unspecified atom stereocenters. The third kappa shape index (κ3) is 7.20. The molecule has 218 valence electrons. The average molecular weight is 677 g/mol. The second kappa shape index (κ2) is 11.7. The van der Waals surface area contributed by atoms with Gasteiger partial charge in [0.1, 0.15) is 30.2 Å². The molecule has 4 rings (SSSR count). The number of nitrogens with one attached hydrogen (secondary N) is 1. The summed E-state index contributed by atoms with van der Waals surface area (Å²) in [6.45, 7) is 16.6. The largest absolute Gasteiger partial charge is 0.444 e. The first-order valence-electron chi connectivity index (χ1n) is 13.6. The predicted molar refractivity (Wildman–Crippen MR) is 159 cm³/mol. The topological polar surface area (TPSA) is 104 Å². The number of hydrogen-bond acceptors (Lipinski definition) is 8. The molecule has 0 aromatic carbocycles. The molecular formula is C26H42FIN6O4Si. The summed E-state index contributed by atoms with van der Waals surface area (Å²) in [6, 6.07) is 0.897. The highest BCUT2D eigenvalue weighted by atomic mass is 127. The first-order valence-corrected chi connectivity index (χ1v) is 18.4. The Balaban J connectivity index is 1.50. The second-order valence-corrected chi connectivity index (χ2v) is 19.6. The molecule has 10 nitrogen and oxygen atoms in total. The normalized spacial score (nSPS) is 21.6. The Bertz CT molecular complexity index is 1180. The molecular weight excluding hydrogens is 634 g/mol. The van der Waals surface area contributed by atoms with E-state index in [-0.39, 0.29) is 24.3 Å². The third-order valence-electron chi connectivity index (χ3n) is 7.41. The Labute approximate surface area is 244 Å². The molecule has 0 saturated carbocycles. The van der Waals surface area contributed by atoms with Crippen LogP contribution in [0.25, 0.3) is 11.2 Å². The second-order valence-electron chi connectivity index (χ2n) is 12.9. The number of carbonyl (C=O) groups is 1. The Morgan fingerprint density at radius 3 is 2.56 bits per heavy atom. The lowest BCUT2D eigenvalue weighted by molar-refractivity contribution is 0.0434. The molecule has 2 aliphatic heterocycles. The van der Waals surface area contributed by atoms with Crippen LogP contribution in [0.1, 0.15) is 46.2 Å². The molecule has 13 heteroatoms. The molecule has 0 radical (unpaired) electrons. The lowest BCUT2D eigenvalue weighted by Gasteiger charge is -2.43. The molecule has 1 spiro atoms. The smallest absolute Gasteiger partial charge is 0.407 e. The number of alkyl carbamates (subject to hydrolysis) is 1. The highest BCUT2D eigenvalue weighted by Gasteiger charge is 2.50. The van der Waals surface area contributed by atoms with E-state index in [0.29, 0.717) is 52.7 Å². The van der Waals surface area contributed by atoms with E-state index in [2.05, 4.69) is 62.5 Å². The van der Waals surface area contributed by atoms with Gasteiger partial charge in [-0.3, -0.25) is 0 Å². The molecule has 2 aliphatic rings. The number of amides is 1. The van der Waals surface area contributed by atoms with Crippen molar-refractivity contribution in [2.75, 3.05) is 31.2 Å². The number of fused-ring (bicyclic) bond motifs is 1. The monoisotopic (exact) mass is 676 g/mol. The van der Waals surface area contributed by atoms with E-state index in [9.17, 15) is 9.18 Å². The lowest BCUT2D eigenvalue weighted by Crippen LogP contribution is -2.55. The molecule has 4 heterocycles. The molecule has 2 saturated heterocycles. The zero-order valence-corrected chi connectivity index (χ0v) is 27.3. The van der Waals surface area contributed by atoms with Gasteiger partial charge in [0.2, 0.25) is 0 Å². The van der Waals surface area contributed by atoms with Crippen molar-refractivity contribution in [1.29, 1.82) is 0 Å². The van der Waals surface area contributed by atoms with Crippen LogP contribution in [-0.2, 0) is 27.6 Å². The van der Waals surface area contributed by atoms with Crippen LogP contribution >= 0.6 is 22.6 Å². The standard InChI is InChI=1S/C26H42FIN6O4Si/c1-17-20(30-24(35)38-25(2,3)4)26(15-37-17)8-10-33(11-9-26)22-18(14-27)29-19-21(28)32-34(23(19)31-22)16-36-12-13-39(5,6)7/h17,20H,8-16H2,1-7H3,(H,30,35)/t17-,20+/m0/s1. The summed E-state index contributed by atoms with van der Waals surface area (Å²) in [5, 5.41) is 7.64. The van der Waals surface area contributed by atoms with Crippen molar-refractivity contribution in [3.63, 3.8) is 0 Å². The fraction of sp³-hybridized carbons (Fsp3) is 0.769. The highest BCUT2D eigenvalue weighted by Crippen LogP contribution is 2.43. The van der Waals surface area contributed by atoms with Crippen LogP contribution in [0.2, 0.25) is 25.7 Å². The minimum Gasteiger partial charge on any atom is -0.444 e. The van der Waals surface area contributed by atoms with Gasteiger partial charge >= 0.3 is 6.09 Å². The van der Waals surface area contributed by atoms with E-state index in [0.717, 1.165) is 18.9 Å². The summed E-state index contributed by atoms with van der Waals surface area (Å²) in [6.07, 6.45) is 0.969. The number of aromatic nitrogens is 4. The van der Waals surface area contributed by atoms with Crippen molar-refractivity contribution in [2.45, 2.75) is 97.4 Å². The summed E-state index contributed by atoms with van der Waals surface area (Å²) in [7, 11) is -1.20. The van der Waals surface area contributed by atoms with Crippen molar-refractivity contribution in [3.8, 4) is 0 Å². The van der Waals surface area contributed by atoms with E-state index in [1.807, 2.05) is 27.7 Å². The maximum atomic E-state index is 14.2. The van der Waals surface area contributed by atoms with Crippen LogP contribution in [-0.4, -0.2) is 78.0 Å². The first-order chi connectivity index (χ1) is 18.2. The fourth-order valence-corrected chi connectivity index (χ4v) is 6.62. The Morgan fingerprint density at radius 1 is 1.26 bits per heavy atom. The van der Waals surface area contributed by atoms with Crippen molar-refractivity contribution in [2.24, 2.45) is 5.41 Å². The van der Waals surface area contributed by atoms with Crippen molar-refractivity contribution in [3.05, 3.63) is 9.39 Å². The highest BCUT2D eigenvalue weighted by molar-refractivity contribution is 14.1. The number of hydrogen-bond donors (Lipinski definition) is 1. The molecule has 1 amide bonds. The summed E-state index contributed by atoms with van der Waals surface area (Å²) in [5.41, 5.74) is 0.709. The quantitative estimate of drug-likeness (QED) is 0.234. The summed E-state index contributed by atoms with van der Waals surface area (Å²) >= 11 is 2.12. The van der Waals surface area contributed by atoms with Gasteiger partial charge in [0.15, 0.2) is 15.2 Å². The number of nitrogens with zero attached hydrogens (tertiary/aromatic N) is 5. The Hall–Kier alpha value is -1.58. The Morgan fingerprint density at radius 2 is 1.95 bits per heavy atom. The van der Waals surface area contributed by atoms with Crippen LogP contribution in [0, 0.1) is 9.12 Å². The van der Waals surface area contributed by atoms with E-state index in [4.69, 9.17) is 19.2 Å². The van der Waals surface area contributed by atoms with Gasteiger partial charge in [-0.2, -0.15) is 5.10 Å².